The molecule has 0 unspecified atom stereocenters. The molecule has 14 N–H and O–H groups in total. The minimum Gasteiger partial charge on any atom is -0.481 e. The fourth-order valence-corrected chi connectivity index (χ4v) is 6.05. The molecule has 23 nitrogen and oxygen atoms in total. The number of aliphatic carboxylic acids is 3. The van der Waals surface area contributed by atoms with Crippen molar-refractivity contribution in [3.05, 3.63) is 0 Å². The zero-order valence-electron chi connectivity index (χ0n) is 32.8. The fraction of sp³-hybridized carbons (Fsp3) is 0.686. The van der Waals surface area contributed by atoms with Crippen molar-refractivity contribution < 1.29 is 68.1 Å². The van der Waals surface area contributed by atoms with Crippen LogP contribution in [-0.4, -0.2) is 130 Å². The summed E-state index contributed by atoms with van der Waals surface area (Å²) in [7, 11) is 0. The average Bonchev–Trinajstić information content (AvgIpc) is 3.13. The maximum atomic E-state index is 13.7. The molecule has 1 aliphatic carbocycles. The number of nitrogens with two attached hydrogens (primary N) is 2. The molecular formula is C35H57N9O14. The summed E-state index contributed by atoms with van der Waals surface area (Å²) in [6.45, 7) is 3.28. The third-order valence-corrected chi connectivity index (χ3v) is 8.97. The van der Waals surface area contributed by atoms with Gasteiger partial charge in [-0.1, -0.05) is 46.0 Å². The second kappa shape index (κ2) is 25.4. The highest BCUT2D eigenvalue weighted by Gasteiger charge is 2.35. The first-order valence-corrected chi connectivity index (χ1v) is 18.9. The molecular weight excluding hydrogens is 770 g/mol. The smallest absolute Gasteiger partial charge is 0.322 e. The number of hydrogen-bond donors (Lipinski definition) is 12. The number of carbonyl (C=O) groups is 11. The minimum atomic E-state index is -1.79. The minimum absolute atomic E-state index is 0.0203. The predicted octanol–water partition coefficient (Wildman–Crippen LogP) is -3.69. The lowest BCUT2D eigenvalue weighted by atomic mass is 9.84. The monoisotopic (exact) mass is 827 g/mol. The molecule has 0 bridgehead atoms. The molecule has 1 rings (SSSR count). The van der Waals surface area contributed by atoms with Crippen molar-refractivity contribution in [1.82, 2.24) is 37.2 Å². The quantitative estimate of drug-likeness (QED) is 0.0399. The van der Waals surface area contributed by atoms with Gasteiger partial charge < -0.3 is 64.0 Å². The molecule has 8 amide bonds. The highest BCUT2D eigenvalue weighted by Crippen LogP contribution is 2.27. The van der Waals surface area contributed by atoms with E-state index in [4.69, 9.17) is 16.6 Å². The molecule has 0 aliphatic heterocycles. The van der Waals surface area contributed by atoms with Gasteiger partial charge in [-0.05, 0) is 38.0 Å². The Morgan fingerprint density at radius 3 is 1.59 bits per heavy atom. The third kappa shape index (κ3) is 19.8. The Labute approximate surface area is 334 Å². The van der Waals surface area contributed by atoms with Crippen molar-refractivity contribution in [3.63, 3.8) is 0 Å². The van der Waals surface area contributed by atoms with Crippen LogP contribution in [0.2, 0.25) is 0 Å². The van der Waals surface area contributed by atoms with Crippen LogP contribution < -0.4 is 48.7 Å². The summed E-state index contributed by atoms with van der Waals surface area (Å²) in [4.78, 5) is 137. The summed E-state index contributed by atoms with van der Waals surface area (Å²) in [5.41, 5.74) is 10.5. The van der Waals surface area contributed by atoms with E-state index < -0.39 is 127 Å². The van der Waals surface area contributed by atoms with E-state index >= 15 is 0 Å². The number of amides is 8. The maximum absolute atomic E-state index is 13.7. The van der Waals surface area contributed by atoms with Gasteiger partial charge in [-0.15, -0.1) is 0 Å². The third-order valence-electron chi connectivity index (χ3n) is 8.97. The van der Waals surface area contributed by atoms with Crippen molar-refractivity contribution in [2.75, 3.05) is 13.1 Å². The van der Waals surface area contributed by atoms with Gasteiger partial charge in [0.25, 0.3) is 0 Å². The molecule has 0 spiro atoms. The normalized spacial score (nSPS) is 15.8. The van der Waals surface area contributed by atoms with E-state index in [-0.39, 0.29) is 37.5 Å². The van der Waals surface area contributed by atoms with Crippen LogP contribution in [0.25, 0.3) is 0 Å². The molecule has 0 heterocycles. The van der Waals surface area contributed by atoms with Crippen LogP contribution in [0.4, 0.5) is 0 Å². The van der Waals surface area contributed by atoms with Crippen LogP contribution in [0.1, 0.15) is 91.4 Å². The molecule has 0 aromatic rings. The molecule has 1 fully saturated rings. The van der Waals surface area contributed by atoms with Gasteiger partial charge in [0, 0.05) is 6.42 Å². The predicted molar refractivity (Wildman–Crippen MR) is 201 cm³/mol. The summed E-state index contributed by atoms with van der Waals surface area (Å²) in [5, 5.41) is 43.8. The molecule has 0 radical (unpaired) electrons. The number of primary amides is 1. The van der Waals surface area contributed by atoms with E-state index in [0.29, 0.717) is 12.8 Å². The number of nitrogens with one attached hydrogen (secondary N) is 7. The van der Waals surface area contributed by atoms with E-state index in [1.54, 1.807) is 13.8 Å². The molecule has 23 heteroatoms. The van der Waals surface area contributed by atoms with E-state index in [2.05, 4.69) is 31.9 Å². The van der Waals surface area contributed by atoms with Gasteiger partial charge >= 0.3 is 17.9 Å². The zero-order chi connectivity index (χ0) is 44.1. The van der Waals surface area contributed by atoms with Gasteiger partial charge in [0.15, 0.2) is 0 Å². The van der Waals surface area contributed by atoms with Crippen LogP contribution in [0.3, 0.4) is 0 Å². The van der Waals surface area contributed by atoms with E-state index in [1.807, 2.05) is 5.32 Å². The second-order valence-electron chi connectivity index (χ2n) is 14.5. The van der Waals surface area contributed by atoms with E-state index in [1.165, 1.54) is 6.92 Å². The van der Waals surface area contributed by atoms with Gasteiger partial charge in [0.2, 0.25) is 47.3 Å². The van der Waals surface area contributed by atoms with Gasteiger partial charge in [-0.25, -0.2) is 0 Å². The maximum Gasteiger partial charge on any atom is 0.322 e. The SMILES string of the molecule is CC(C)C[C@H](NC(=O)[C@H](CCC(N)=O)NC(=O)CN)C(=O)N[C@@H](CC(=O)O)C(=O)N[C@@H](CC1CCCCC1)C(=O)N[C@@H](C)C(=O)N[C@@H](CC(=O)O)C(=O)NCC(=O)O. The van der Waals surface area contributed by atoms with Crippen molar-refractivity contribution in [2.45, 2.75) is 128 Å². The molecule has 1 saturated carbocycles. The number of carbonyl (C=O) groups excluding carboxylic acids is 8. The Balaban J connectivity index is 3.30. The topological polar surface area (TPSA) is 385 Å². The lowest BCUT2D eigenvalue weighted by Gasteiger charge is -2.29. The first kappa shape index (κ1) is 50.1. The van der Waals surface area contributed by atoms with E-state index in [9.17, 15) is 63.0 Å². The molecule has 58 heavy (non-hydrogen) atoms. The Hall–Kier alpha value is -5.87. The number of carboxylic acids is 3. The molecule has 326 valence electrons. The average molecular weight is 828 g/mol. The first-order chi connectivity index (χ1) is 27.1. The van der Waals surface area contributed by atoms with Crippen molar-refractivity contribution in [3.8, 4) is 0 Å². The largest absolute Gasteiger partial charge is 0.481 e. The zero-order valence-corrected chi connectivity index (χ0v) is 32.8. The lowest BCUT2D eigenvalue weighted by molar-refractivity contribution is -0.142. The Morgan fingerprint density at radius 1 is 0.586 bits per heavy atom. The van der Waals surface area contributed by atoms with Gasteiger partial charge in [-0.3, -0.25) is 52.7 Å². The number of carboxylic acid groups (broad SMARTS) is 3. The molecule has 0 saturated heterocycles. The van der Waals surface area contributed by atoms with Crippen LogP contribution in [0, 0.1) is 11.8 Å². The Morgan fingerprint density at radius 2 is 1.07 bits per heavy atom. The molecule has 1 aliphatic rings. The highest BCUT2D eigenvalue weighted by molar-refractivity contribution is 5.98. The van der Waals surface area contributed by atoms with Crippen molar-refractivity contribution >= 4 is 65.2 Å². The van der Waals surface area contributed by atoms with Crippen molar-refractivity contribution in [1.29, 1.82) is 0 Å². The summed E-state index contributed by atoms with van der Waals surface area (Å²) >= 11 is 0. The van der Waals surface area contributed by atoms with Crippen LogP contribution in [0.15, 0.2) is 0 Å². The lowest BCUT2D eigenvalue weighted by Crippen LogP contribution is -2.60. The van der Waals surface area contributed by atoms with Crippen LogP contribution in [-0.2, 0) is 52.7 Å². The van der Waals surface area contributed by atoms with E-state index in [0.717, 1.165) is 19.3 Å². The molecule has 6 atom stereocenters. The molecule has 0 aromatic carbocycles. The van der Waals surface area contributed by atoms with Crippen molar-refractivity contribution in [2.24, 2.45) is 23.3 Å². The van der Waals surface area contributed by atoms with Gasteiger partial charge in [0.05, 0.1) is 19.4 Å². The highest BCUT2D eigenvalue weighted by atomic mass is 16.4. The van der Waals surface area contributed by atoms with Gasteiger partial charge in [0.1, 0.15) is 42.8 Å². The number of hydrogen-bond acceptors (Lipinski definition) is 12. The summed E-state index contributed by atoms with van der Waals surface area (Å²) in [6, 6.07) is -9.02. The second-order valence-corrected chi connectivity index (χ2v) is 14.5. The van der Waals surface area contributed by atoms with Crippen LogP contribution >= 0.6 is 0 Å². The number of rotatable bonds is 26. The first-order valence-electron chi connectivity index (χ1n) is 18.9. The Bertz CT molecular complexity index is 1520. The van der Waals surface area contributed by atoms with Crippen LogP contribution in [0.5, 0.6) is 0 Å². The standard InChI is InChI=1S/C35H57N9O14/c1-17(2)11-21(42-32(55)20(9-10-25(37)45)40-26(46)15-36)34(57)44-24(14-28(49)50)35(58)43-22(12-19-7-5-4-6-8-19)33(56)39-18(3)30(53)41-23(13-27(47)48)31(54)38-16-29(51)52/h17-24H,4-16,36H2,1-3H3,(H2,37,45)(H,38,54)(H,39,56)(H,40,46)(H,41,53)(H,42,55)(H,43,58)(H,44,57)(H,47,48)(H,49,50)(H,51,52)/t18-,20-,21-,22-,23-,24-/m0/s1. The van der Waals surface area contributed by atoms with Gasteiger partial charge in [-0.2, -0.15) is 0 Å². The fourth-order valence-electron chi connectivity index (χ4n) is 6.05. The summed E-state index contributed by atoms with van der Waals surface area (Å²) < 4.78 is 0. The molecule has 0 aromatic heterocycles. The summed E-state index contributed by atoms with van der Waals surface area (Å²) in [5.74, 6) is -12.3. The Kier molecular flexibility index (Phi) is 22.0. The summed E-state index contributed by atoms with van der Waals surface area (Å²) in [6.07, 6.45) is 1.60.